The fourth-order valence-corrected chi connectivity index (χ4v) is 2.69. The van der Waals surface area contributed by atoms with Crippen LogP contribution in [-0.4, -0.2) is 37.1 Å². The molecule has 0 aromatic heterocycles. The van der Waals surface area contributed by atoms with Gasteiger partial charge in [-0.25, -0.2) is 4.79 Å². The Morgan fingerprint density at radius 2 is 1.86 bits per heavy atom. The van der Waals surface area contributed by atoms with Crippen molar-refractivity contribution in [1.29, 1.82) is 0 Å². The summed E-state index contributed by atoms with van der Waals surface area (Å²) in [7, 11) is 2.12. The third-order valence-corrected chi connectivity index (χ3v) is 4.02. The first-order chi connectivity index (χ1) is 9.66. The van der Waals surface area contributed by atoms with E-state index in [1.165, 1.54) is 32.1 Å². The molecule has 1 aromatic rings. The number of carbonyl (C=O) groups excluding carboxylic acids is 1. The highest BCUT2D eigenvalue weighted by molar-refractivity contribution is 5.89. The van der Waals surface area contributed by atoms with Gasteiger partial charge < -0.3 is 15.4 Å². The summed E-state index contributed by atoms with van der Waals surface area (Å²) in [6.45, 7) is 1.24. The van der Waals surface area contributed by atoms with Crippen LogP contribution in [0.1, 0.15) is 42.5 Å². The van der Waals surface area contributed by atoms with Crippen LogP contribution < -0.4 is 5.73 Å². The molecule has 0 radical (unpaired) electrons. The molecule has 1 aliphatic carbocycles. The van der Waals surface area contributed by atoms with Gasteiger partial charge in [0.25, 0.3) is 0 Å². The molecular weight excluding hydrogens is 288 g/mol. The Labute approximate surface area is 133 Å². The second kappa shape index (κ2) is 8.90. The number of anilines is 1. The zero-order valence-corrected chi connectivity index (χ0v) is 13.4. The summed E-state index contributed by atoms with van der Waals surface area (Å²) in [6, 6.07) is 7.47. The van der Waals surface area contributed by atoms with Crippen molar-refractivity contribution in [2.75, 3.05) is 25.9 Å². The van der Waals surface area contributed by atoms with Crippen molar-refractivity contribution in [3.8, 4) is 0 Å². The Morgan fingerprint density at radius 1 is 1.24 bits per heavy atom. The van der Waals surface area contributed by atoms with Gasteiger partial charge in [0.2, 0.25) is 0 Å². The van der Waals surface area contributed by atoms with Gasteiger partial charge in [-0.1, -0.05) is 19.3 Å². The normalized spacial score (nSPS) is 15.5. The Kier molecular flexibility index (Phi) is 7.54. The first-order valence-electron chi connectivity index (χ1n) is 7.40. The van der Waals surface area contributed by atoms with Crippen molar-refractivity contribution in [2.45, 2.75) is 38.1 Å². The van der Waals surface area contributed by atoms with Gasteiger partial charge in [0, 0.05) is 18.3 Å². The average molecular weight is 313 g/mol. The van der Waals surface area contributed by atoms with E-state index < -0.39 is 0 Å². The molecule has 1 saturated carbocycles. The van der Waals surface area contributed by atoms with Crippen LogP contribution in [0.2, 0.25) is 0 Å². The summed E-state index contributed by atoms with van der Waals surface area (Å²) in [5, 5.41) is 0. The molecule has 0 heterocycles. The van der Waals surface area contributed by atoms with E-state index in [1.807, 2.05) is 0 Å². The SMILES string of the molecule is CN(CCOC(=O)c1ccc(N)cc1)C1CCCCC1.Cl. The standard InChI is InChI=1S/C16H24N2O2.ClH/c1-18(15-5-3-2-4-6-15)11-12-20-16(19)13-7-9-14(17)10-8-13;/h7-10,15H,2-6,11-12,17H2,1H3;1H. The molecule has 21 heavy (non-hydrogen) atoms. The van der Waals surface area contributed by atoms with Crippen LogP contribution in [0.3, 0.4) is 0 Å². The number of likely N-dealkylation sites (N-methyl/N-ethyl adjacent to an activating group) is 1. The first-order valence-corrected chi connectivity index (χ1v) is 7.40. The van der Waals surface area contributed by atoms with Crippen LogP contribution in [0.5, 0.6) is 0 Å². The maximum atomic E-state index is 11.8. The Hall–Kier alpha value is -1.26. The molecule has 118 valence electrons. The third-order valence-electron chi connectivity index (χ3n) is 4.02. The van der Waals surface area contributed by atoms with Crippen LogP contribution in [-0.2, 0) is 4.74 Å². The first kappa shape index (κ1) is 17.8. The van der Waals surface area contributed by atoms with Crippen molar-refractivity contribution in [1.82, 2.24) is 4.90 Å². The molecule has 2 N–H and O–H groups in total. The van der Waals surface area contributed by atoms with Gasteiger partial charge in [-0.15, -0.1) is 12.4 Å². The highest BCUT2D eigenvalue weighted by atomic mass is 35.5. The molecule has 0 bridgehead atoms. The van der Waals surface area contributed by atoms with E-state index in [1.54, 1.807) is 24.3 Å². The topological polar surface area (TPSA) is 55.6 Å². The second-order valence-electron chi connectivity index (χ2n) is 5.53. The van der Waals surface area contributed by atoms with E-state index in [2.05, 4.69) is 11.9 Å². The number of nitrogens with two attached hydrogens (primary N) is 1. The minimum atomic E-state index is -0.276. The lowest BCUT2D eigenvalue weighted by molar-refractivity contribution is 0.0443. The van der Waals surface area contributed by atoms with Crippen molar-refractivity contribution in [2.24, 2.45) is 0 Å². The highest BCUT2D eigenvalue weighted by Crippen LogP contribution is 2.21. The number of halogens is 1. The third kappa shape index (κ3) is 5.56. The van der Waals surface area contributed by atoms with Crippen molar-refractivity contribution < 1.29 is 9.53 Å². The van der Waals surface area contributed by atoms with Crippen molar-refractivity contribution in [3.63, 3.8) is 0 Å². The van der Waals surface area contributed by atoms with Gasteiger partial charge >= 0.3 is 5.97 Å². The molecule has 0 amide bonds. The summed E-state index contributed by atoms with van der Waals surface area (Å²) in [6.07, 6.45) is 6.53. The van der Waals surface area contributed by atoms with Crippen molar-refractivity contribution in [3.05, 3.63) is 29.8 Å². The number of rotatable bonds is 5. The number of carbonyl (C=O) groups is 1. The van der Waals surface area contributed by atoms with E-state index in [4.69, 9.17) is 10.5 Å². The van der Waals surface area contributed by atoms with Crippen LogP contribution in [0, 0.1) is 0 Å². The maximum Gasteiger partial charge on any atom is 0.338 e. The molecule has 0 atom stereocenters. The number of esters is 1. The molecule has 2 rings (SSSR count). The fourth-order valence-electron chi connectivity index (χ4n) is 2.69. The molecule has 5 heteroatoms. The summed E-state index contributed by atoms with van der Waals surface area (Å²) in [5.41, 5.74) is 6.80. The summed E-state index contributed by atoms with van der Waals surface area (Å²) < 4.78 is 5.31. The number of hydrogen-bond acceptors (Lipinski definition) is 4. The van der Waals surface area contributed by atoms with Crippen LogP contribution in [0.4, 0.5) is 5.69 Å². The lowest BCUT2D eigenvalue weighted by Crippen LogP contribution is -2.36. The van der Waals surface area contributed by atoms with E-state index in [0.29, 0.717) is 23.9 Å². The Balaban J connectivity index is 0.00000220. The van der Waals surface area contributed by atoms with E-state index in [-0.39, 0.29) is 18.4 Å². The second-order valence-corrected chi connectivity index (χ2v) is 5.53. The molecular formula is C16H25ClN2O2. The predicted octanol–water partition coefficient (Wildman–Crippen LogP) is 3.11. The van der Waals surface area contributed by atoms with Crippen LogP contribution >= 0.6 is 12.4 Å². The zero-order valence-electron chi connectivity index (χ0n) is 12.6. The summed E-state index contributed by atoms with van der Waals surface area (Å²) in [5.74, 6) is -0.276. The smallest absolute Gasteiger partial charge is 0.338 e. The maximum absolute atomic E-state index is 11.8. The number of ether oxygens (including phenoxy) is 1. The molecule has 0 saturated heterocycles. The lowest BCUT2D eigenvalue weighted by atomic mass is 9.94. The average Bonchev–Trinajstić information content (AvgIpc) is 2.48. The van der Waals surface area contributed by atoms with E-state index >= 15 is 0 Å². The monoisotopic (exact) mass is 312 g/mol. The quantitative estimate of drug-likeness (QED) is 0.670. The number of benzene rings is 1. The van der Waals surface area contributed by atoms with Gasteiger partial charge in [0.05, 0.1) is 5.56 Å². The predicted molar refractivity (Wildman–Crippen MR) is 87.9 cm³/mol. The molecule has 0 aliphatic heterocycles. The highest BCUT2D eigenvalue weighted by Gasteiger charge is 2.18. The number of hydrogen-bond donors (Lipinski definition) is 1. The Bertz CT molecular complexity index is 430. The number of nitrogen functional groups attached to an aromatic ring is 1. The van der Waals surface area contributed by atoms with Crippen LogP contribution in [0.25, 0.3) is 0 Å². The summed E-state index contributed by atoms with van der Waals surface area (Å²) >= 11 is 0. The molecule has 1 aliphatic rings. The lowest BCUT2D eigenvalue weighted by Gasteiger charge is -2.30. The Morgan fingerprint density at radius 3 is 2.48 bits per heavy atom. The van der Waals surface area contributed by atoms with Crippen molar-refractivity contribution >= 4 is 24.1 Å². The summed E-state index contributed by atoms with van der Waals surface area (Å²) in [4.78, 5) is 14.1. The van der Waals surface area contributed by atoms with Gasteiger partial charge in [0.1, 0.15) is 6.61 Å². The molecule has 0 unspecified atom stereocenters. The molecule has 1 fully saturated rings. The van der Waals surface area contributed by atoms with Gasteiger partial charge in [0.15, 0.2) is 0 Å². The fraction of sp³-hybridized carbons (Fsp3) is 0.562. The molecule has 1 aromatic carbocycles. The minimum Gasteiger partial charge on any atom is -0.461 e. The zero-order chi connectivity index (χ0) is 14.4. The largest absolute Gasteiger partial charge is 0.461 e. The van der Waals surface area contributed by atoms with Crippen LogP contribution in [0.15, 0.2) is 24.3 Å². The van der Waals surface area contributed by atoms with E-state index in [0.717, 1.165) is 6.54 Å². The van der Waals surface area contributed by atoms with Gasteiger partial charge in [-0.2, -0.15) is 0 Å². The molecule has 0 spiro atoms. The van der Waals surface area contributed by atoms with Gasteiger partial charge in [-0.3, -0.25) is 0 Å². The van der Waals surface area contributed by atoms with Gasteiger partial charge in [-0.05, 0) is 44.2 Å². The van der Waals surface area contributed by atoms with E-state index in [9.17, 15) is 4.79 Å². The number of nitrogens with zero attached hydrogens (tertiary/aromatic N) is 1. The molecule has 4 nitrogen and oxygen atoms in total. The minimum absolute atomic E-state index is 0.